The number of carboxylic acids is 1. The molecule has 0 aliphatic heterocycles. The maximum atomic E-state index is 10.8. The van der Waals surface area contributed by atoms with E-state index in [1.165, 1.54) is 18.3 Å². The molecule has 1 N–H and O–H groups in total. The molecule has 0 fully saturated rings. The Hall–Kier alpha value is -2.45. The molecule has 0 aliphatic carbocycles. The number of nitro groups is 1. The summed E-state index contributed by atoms with van der Waals surface area (Å²) >= 11 is 0.838. The van der Waals surface area contributed by atoms with Gasteiger partial charge in [-0.15, -0.1) is 0 Å². The highest BCUT2D eigenvalue weighted by molar-refractivity contribution is 7.94. The Morgan fingerprint density at radius 2 is 1.95 bits per heavy atom. The van der Waals surface area contributed by atoms with Crippen molar-refractivity contribution in [2.24, 2.45) is 0 Å². The van der Waals surface area contributed by atoms with Crippen LogP contribution in [0.1, 0.15) is 11.1 Å². The number of hydrogen-bond acceptors (Lipinski definition) is 6. The van der Waals surface area contributed by atoms with Gasteiger partial charge in [-0.3, -0.25) is 14.9 Å². The third-order valence-electron chi connectivity index (χ3n) is 2.69. The van der Waals surface area contributed by atoms with E-state index in [0.717, 1.165) is 17.6 Å². The average molecular weight is 320 g/mol. The molecule has 1 aromatic carbocycles. The maximum Gasteiger partial charge on any atom is 0.307 e. The van der Waals surface area contributed by atoms with Gasteiger partial charge in [0.15, 0.2) is 0 Å². The van der Waals surface area contributed by atoms with E-state index < -0.39 is 10.9 Å². The quantitative estimate of drug-likeness (QED) is 0.475. The zero-order valence-corrected chi connectivity index (χ0v) is 12.2. The summed E-state index contributed by atoms with van der Waals surface area (Å²) in [5.74, 6) is -0.887. The summed E-state index contributed by atoms with van der Waals surface area (Å²) in [5.41, 5.74) is 1.42. The zero-order chi connectivity index (χ0) is 15.9. The number of nitrogens with zero attached hydrogens (tertiary/aromatic N) is 2. The van der Waals surface area contributed by atoms with Crippen LogP contribution >= 0.6 is 12.0 Å². The fourth-order valence-electron chi connectivity index (χ4n) is 1.67. The number of rotatable bonds is 7. The molecule has 0 saturated heterocycles. The predicted octanol–water partition coefficient (Wildman–Crippen LogP) is 2.84. The van der Waals surface area contributed by atoms with Crippen LogP contribution in [-0.2, 0) is 22.0 Å². The van der Waals surface area contributed by atoms with Crippen molar-refractivity contribution in [1.29, 1.82) is 0 Å². The van der Waals surface area contributed by atoms with Gasteiger partial charge in [-0.25, -0.2) is 4.98 Å². The van der Waals surface area contributed by atoms with Crippen LogP contribution in [0, 0.1) is 10.1 Å². The van der Waals surface area contributed by atoms with Gasteiger partial charge in [-0.2, -0.15) is 0 Å². The molecule has 0 amide bonds. The van der Waals surface area contributed by atoms with Crippen LogP contribution in [-0.4, -0.2) is 21.0 Å². The second-order valence-corrected chi connectivity index (χ2v) is 5.11. The first-order valence-electron chi connectivity index (χ1n) is 6.25. The fraction of sp³-hybridized carbons (Fsp3) is 0.143. The van der Waals surface area contributed by atoms with Crippen molar-refractivity contribution in [2.45, 2.75) is 18.1 Å². The van der Waals surface area contributed by atoms with Crippen molar-refractivity contribution >= 4 is 23.7 Å². The first-order chi connectivity index (χ1) is 10.6. The highest BCUT2D eigenvalue weighted by atomic mass is 32.2. The molecule has 22 heavy (non-hydrogen) atoms. The summed E-state index contributed by atoms with van der Waals surface area (Å²) in [6.07, 6.45) is 1.43. The summed E-state index contributed by atoms with van der Waals surface area (Å²) < 4.78 is 5.35. The van der Waals surface area contributed by atoms with Crippen LogP contribution in [0.25, 0.3) is 0 Å². The highest BCUT2D eigenvalue weighted by Gasteiger charge is 2.15. The molecule has 114 valence electrons. The molecule has 2 aromatic rings. The molecule has 0 spiro atoms. The molecule has 1 heterocycles. The van der Waals surface area contributed by atoms with Crippen LogP contribution in [0.15, 0.2) is 47.6 Å². The van der Waals surface area contributed by atoms with E-state index in [-0.39, 0.29) is 23.7 Å². The molecule has 0 saturated carbocycles. The number of pyridine rings is 1. The summed E-state index contributed by atoms with van der Waals surface area (Å²) in [7, 11) is 0. The zero-order valence-electron chi connectivity index (χ0n) is 11.3. The van der Waals surface area contributed by atoms with Crippen molar-refractivity contribution in [3.8, 4) is 0 Å². The topological polar surface area (TPSA) is 103 Å². The molecule has 2 rings (SSSR count). The number of carboxylic acid groups (broad SMARTS) is 1. The predicted molar refractivity (Wildman–Crippen MR) is 79.3 cm³/mol. The van der Waals surface area contributed by atoms with Gasteiger partial charge >= 0.3 is 11.7 Å². The Kier molecular flexibility index (Phi) is 5.45. The van der Waals surface area contributed by atoms with E-state index in [2.05, 4.69) is 4.98 Å². The van der Waals surface area contributed by atoms with Crippen molar-refractivity contribution in [1.82, 2.24) is 4.98 Å². The van der Waals surface area contributed by atoms with Gasteiger partial charge in [0.2, 0.25) is 5.03 Å². The second-order valence-electron chi connectivity index (χ2n) is 4.32. The fourth-order valence-corrected chi connectivity index (χ4v) is 2.31. The van der Waals surface area contributed by atoms with Gasteiger partial charge in [0.1, 0.15) is 0 Å². The number of aliphatic carboxylic acids is 1. The van der Waals surface area contributed by atoms with E-state index >= 15 is 0 Å². The average Bonchev–Trinajstić information content (AvgIpc) is 2.49. The van der Waals surface area contributed by atoms with E-state index in [9.17, 15) is 14.9 Å². The Morgan fingerprint density at radius 1 is 1.27 bits per heavy atom. The minimum absolute atomic E-state index is 0.0317. The first kappa shape index (κ1) is 15.9. The lowest BCUT2D eigenvalue weighted by Gasteiger charge is -2.04. The van der Waals surface area contributed by atoms with Crippen LogP contribution in [0.3, 0.4) is 0 Å². The summed E-state index contributed by atoms with van der Waals surface area (Å²) in [5, 5.41) is 19.7. The Labute approximate surface area is 130 Å². The smallest absolute Gasteiger partial charge is 0.307 e. The molecule has 0 unspecified atom stereocenters. The van der Waals surface area contributed by atoms with Gasteiger partial charge in [0, 0.05) is 12.3 Å². The molecule has 0 radical (unpaired) electrons. The minimum atomic E-state index is -0.887. The van der Waals surface area contributed by atoms with E-state index in [1.807, 2.05) is 0 Å². The minimum Gasteiger partial charge on any atom is -0.481 e. The van der Waals surface area contributed by atoms with Gasteiger partial charge in [-0.05, 0) is 17.2 Å². The van der Waals surface area contributed by atoms with Crippen LogP contribution in [0.2, 0.25) is 0 Å². The van der Waals surface area contributed by atoms with E-state index in [0.29, 0.717) is 5.56 Å². The van der Waals surface area contributed by atoms with Crippen LogP contribution in [0.5, 0.6) is 0 Å². The molecule has 1 aromatic heterocycles. The molecule has 0 bridgehead atoms. The SMILES string of the molecule is O=C(O)Cc1ccc(COSc2ncccc2[N+](=O)[O-])cc1. The van der Waals surface area contributed by atoms with Crippen molar-refractivity contribution in [3.05, 3.63) is 63.8 Å². The third-order valence-corrected chi connectivity index (χ3v) is 3.40. The number of hydrogen-bond donors (Lipinski definition) is 1. The Bertz CT molecular complexity index is 675. The van der Waals surface area contributed by atoms with Gasteiger partial charge in [0.05, 0.1) is 30.0 Å². The highest BCUT2D eigenvalue weighted by Crippen LogP contribution is 2.27. The van der Waals surface area contributed by atoms with Crippen LogP contribution < -0.4 is 0 Å². The van der Waals surface area contributed by atoms with E-state index in [1.54, 1.807) is 24.3 Å². The lowest BCUT2D eigenvalue weighted by Crippen LogP contribution is -2.00. The lowest BCUT2D eigenvalue weighted by molar-refractivity contribution is -0.388. The summed E-state index contributed by atoms with van der Waals surface area (Å²) in [6, 6.07) is 9.78. The van der Waals surface area contributed by atoms with E-state index in [4.69, 9.17) is 9.29 Å². The Morgan fingerprint density at radius 3 is 2.59 bits per heavy atom. The Balaban J connectivity index is 1.91. The molecule has 8 heteroatoms. The van der Waals surface area contributed by atoms with Crippen LogP contribution in [0.4, 0.5) is 5.69 Å². The maximum absolute atomic E-state index is 10.8. The number of carbonyl (C=O) groups is 1. The van der Waals surface area contributed by atoms with Gasteiger partial charge in [0.25, 0.3) is 0 Å². The van der Waals surface area contributed by atoms with Gasteiger partial charge in [-0.1, -0.05) is 24.3 Å². The number of benzene rings is 1. The second kappa shape index (κ2) is 7.53. The molecule has 7 nitrogen and oxygen atoms in total. The normalized spacial score (nSPS) is 10.4. The molecular formula is C14H12N2O5S. The molecule has 0 aliphatic rings. The first-order valence-corrected chi connectivity index (χ1v) is 6.99. The molecular weight excluding hydrogens is 308 g/mol. The molecule has 0 atom stereocenters. The largest absolute Gasteiger partial charge is 0.481 e. The summed E-state index contributed by atoms with van der Waals surface area (Å²) in [6.45, 7) is 0.228. The standard InChI is InChI=1S/C14H12N2O5S/c17-13(18)8-10-3-5-11(6-4-10)9-21-22-14-12(16(19)20)2-1-7-15-14/h1-7H,8-9H2,(H,17,18). The van der Waals surface area contributed by atoms with Crippen molar-refractivity contribution in [3.63, 3.8) is 0 Å². The number of aromatic nitrogens is 1. The van der Waals surface area contributed by atoms with Crippen molar-refractivity contribution < 1.29 is 19.0 Å². The van der Waals surface area contributed by atoms with Gasteiger partial charge < -0.3 is 9.29 Å². The summed E-state index contributed by atoms with van der Waals surface area (Å²) in [4.78, 5) is 24.8. The third kappa shape index (κ3) is 4.54. The monoisotopic (exact) mass is 320 g/mol. The lowest BCUT2D eigenvalue weighted by atomic mass is 10.1. The van der Waals surface area contributed by atoms with Crippen molar-refractivity contribution in [2.75, 3.05) is 0 Å².